The molecule has 2 rings (SSSR count). The third kappa shape index (κ3) is 2.79. The zero-order valence-corrected chi connectivity index (χ0v) is 11.6. The number of benzene rings is 1. The second-order valence-electron chi connectivity index (χ2n) is 4.97. The van der Waals surface area contributed by atoms with Crippen LogP contribution < -0.4 is 16.0 Å². The van der Waals surface area contributed by atoms with Gasteiger partial charge in [0, 0.05) is 16.5 Å². The summed E-state index contributed by atoms with van der Waals surface area (Å²) in [5.74, 6) is 0.816. The van der Waals surface area contributed by atoms with Crippen molar-refractivity contribution in [2.45, 2.75) is 33.3 Å². The molecule has 1 heterocycles. The van der Waals surface area contributed by atoms with Gasteiger partial charge >= 0.3 is 0 Å². The molecule has 0 atom stereocenters. The average Bonchev–Trinajstić information content (AvgIpc) is 2.35. The maximum absolute atomic E-state index is 12.0. The summed E-state index contributed by atoms with van der Waals surface area (Å²) < 4.78 is 5.69. The van der Waals surface area contributed by atoms with Gasteiger partial charge in [-0.25, -0.2) is 0 Å². The molecule has 0 aliphatic carbocycles. The van der Waals surface area contributed by atoms with E-state index in [1.807, 2.05) is 39.0 Å². The molecule has 19 heavy (non-hydrogen) atoms. The summed E-state index contributed by atoms with van der Waals surface area (Å²) in [4.78, 5) is 14.9. The number of hydrogen-bond donors (Lipinski definition) is 2. The highest BCUT2D eigenvalue weighted by Gasteiger charge is 2.09. The minimum absolute atomic E-state index is 0.0482. The summed E-state index contributed by atoms with van der Waals surface area (Å²) in [6, 6.07) is 5.73. The molecule has 0 fully saturated rings. The van der Waals surface area contributed by atoms with Crippen molar-refractivity contribution >= 4 is 10.9 Å². The molecule has 0 aliphatic rings. The fraction of sp³-hybridized carbons (Fsp3) is 0.400. The Morgan fingerprint density at radius 2 is 2.11 bits per heavy atom. The van der Waals surface area contributed by atoms with Crippen molar-refractivity contribution in [3.63, 3.8) is 0 Å². The summed E-state index contributed by atoms with van der Waals surface area (Å²) in [6.07, 6.45) is 0.718. The number of aromatic amines is 1. The van der Waals surface area contributed by atoms with Gasteiger partial charge in [0.1, 0.15) is 5.75 Å². The number of nitrogens with one attached hydrogen (secondary N) is 1. The van der Waals surface area contributed by atoms with E-state index in [1.54, 1.807) is 0 Å². The van der Waals surface area contributed by atoms with Gasteiger partial charge in [0.2, 0.25) is 0 Å². The third-order valence-corrected chi connectivity index (χ3v) is 3.14. The van der Waals surface area contributed by atoms with E-state index in [2.05, 4.69) is 4.98 Å². The summed E-state index contributed by atoms with van der Waals surface area (Å²) in [6.45, 7) is 6.41. The molecular formula is C15H20N2O2. The molecule has 0 radical (unpaired) electrons. The molecule has 4 nitrogen and oxygen atoms in total. The maximum atomic E-state index is 12.0. The van der Waals surface area contributed by atoms with Gasteiger partial charge in [-0.2, -0.15) is 0 Å². The van der Waals surface area contributed by atoms with Crippen LogP contribution in [-0.2, 0) is 6.42 Å². The predicted octanol–water partition coefficient (Wildman–Crippen LogP) is 2.12. The highest BCUT2D eigenvalue weighted by molar-refractivity contribution is 5.84. The maximum Gasteiger partial charge on any atom is 0.251 e. The number of rotatable bonds is 4. The van der Waals surface area contributed by atoms with Gasteiger partial charge in [0.25, 0.3) is 5.56 Å². The van der Waals surface area contributed by atoms with Gasteiger partial charge in [0.05, 0.1) is 6.10 Å². The van der Waals surface area contributed by atoms with Crippen LogP contribution >= 0.6 is 0 Å². The molecule has 1 aromatic heterocycles. The van der Waals surface area contributed by atoms with Crippen molar-refractivity contribution in [3.05, 3.63) is 39.7 Å². The molecular weight excluding hydrogens is 240 g/mol. The molecule has 2 aromatic rings. The highest BCUT2D eigenvalue weighted by Crippen LogP contribution is 2.23. The summed E-state index contributed by atoms with van der Waals surface area (Å²) in [5, 5.41) is 1.02. The Bertz CT molecular complexity index is 644. The third-order valence-electron chi connectivity index (χ3n) is 3.14. The molecule has 0 amide bonds. The van der Waals surface area contributed by atoms with Crippen molar-refractivity contribution in [2.75, 3.05) is 6.54 Å². The number of fused-ring (bicyclic) bond motifs is 1. The highest BCUT2D eigenvalue weighted by atomic mass is 16.5. The lowest BCUT2D eigenvalue weighted by atomic mass is 10.0. The molecule has 0 bridgehead atoms. The van der Waals surface area contributed by atoms with Crippen LogP contribution in [0.4, 0.5) is 0 Å². The Hall–Kier alpha value is -1.81. The minimum atomic E-state index is -0.0482. The van der Waals surface area contributed by atoms with Crippen LogP contribution in [0.5, 0.6) is 5.75 Å². The van der Waals surface area contributed by atoms with E-state index in [-0.39, 0.29) is 11.7 Å². The Balaban J connectivity index is 2.60. The predicted molar refractivity (Wildman–Crippen MR) is 77.8 cm³/mol. The topological polar surface area (TPSA) is 68.1 Å². The standard InChI is InChI=1S/C15H20N2O2/c1-9(2)19-11-4-5-14-13(8-11)10(3)12(6-7-16)15(18)17-14/h4-5,8-9H,6-7,16H2,1-3H3,(H,17,18). The molecule has 0 saturated heterocycles. The summed E-state index contributed by atoms with van der Waals surface area (Å²) in [5.41, 5.74) is 8.09. The molecule has 0 spiro atoms. The number of aromatic nitrogens is 1. The summed E-state index contributed by atoms with van der Waals surface area (Å²) in [7, 11) is 0. The number of ether oxygens (including phenoxy) is 1. The van der Waals surface area contributed by atoms with Crippen molar-refractivity contribution in [1.82, 2.24) is 4.98 Å². The van der Waals surface area contributed by atoms with Crippen molar-refractivity contribution in [3.8, 4) is 5.75 Å². The first-order valence-corrected chi connectivity index (χ1v) is 6.55. The first-order chi connectivity index (χ1) is 9.02. The lowest BCUT2D eigenvalue weighted by Crippen LogP contribution is -2.18. The van der Waals surface area contributed by atoms with E-state index >= 15 is 0 Å². The molecule has 0 unspecified atom stereocenters. The van der Waals surface area contributed by atoms with Gasteiger partial charge in [0.15, 0.2) is 0 Å². The van der Waals surface area contributed by atoms with Gasteiger partial charge in [-0.1, -0.05) is 0 Å². The van der Waals surface area contributed by atoms with Crippen LogP contribution in [0, 0.1) is 6.92 Å². The van der Waals surface area contributed by atoms with Crippen LogP contribution in [0.2, 0.25) is 0 Å². The fourth-order valence-corrected chi connectivity index (χ4v) is 2.26. The second kappa shape index (κ2) is 5.45. The van der Waals surface area contributed by atoms with E-state index in [9.17, 15) is 4.79 Å². The zero-order valence-electron chi connectivity index (χ0n) is 11.6. The lowest BCUT2D eigenvalue weighted by molar-refractivity contribution is 0.243. The van der Waals surface area contributed by atoms with Crippen LogP contribution in [-0.4, -0.2) is 17.6 Å². The number of aryl methyl sites for hydroxylation is 1. The van der Waals surface area contributed by atoms with Crippen molar-refractivity contribution < 1.29 is 4.74 Å². The van der Waals surface area contributed by atoms with E-state index in [4.69, 9.17) is 10.5 Å². The number of H-pyrrole nitrogens is 1. The zero-order chi connectivity index (χ0) is 14.0. The Morgan fingerprint density at radius 3 is 2.74 bits per heavy atom. The number of pyridine rings is 1. The second-order valence-corrected chi connectivity index (χ2v) is 4.97. The minimum Gasteiger partial charge on any atom is -0.491 e. The quantitative estimate of drug-likeness (QED) is 0.884. The largest absolute Gasteiger partial charge is 0.491 e. The van der Waals surface area contributed by atoms with E-state index in [0.717, 1.165) is 27.8 Å². The molecule has 4 heteroatoms. The monoisotopic (exact) mass is 260 g/mol. The van der Waals surface area contributed by atoms with Crippen LogP contribution in [0.1, 0.15) is 25.0 Å². The van der Waals surface area contributed by atoms with Crippen LogP contribution in [0.15, 0.2) is 23.0 Å². The average molecular weight is 260 g/mol. The van der Waals surface area contributed by atoms with Gasteiger partial charge in [-0.3, -0.25) is 4.79 Å². The molecule has 0 saturated carbocycles. The molecule has 1 aromatic carbocycles. The number of nitrogens with two attached hydrogens (primary N) is 1. The SMILES string of the molecule is Cc1c(CCN)c(=O)[nH]c2ccc(OC(C)C)cc12. The smallest absolute Gasteiger partial charge is 0.251 e. The lowest BCUT2D eigenvalue weighted by Gasteiger charge is -2.12. The van der Waals surface area contributed by atoms with Crippen molar-refractivity contribution in [2.24, 2.45) is 5.73 Å². The van der Waals surface area contributed by atoms with E-state index in [0.29, 0.717) is 13.0 Å². The van der Waals surface area contributed by atoms with Crippen LogP contribution in [0.25, 0.3) is 10.9 Å². The first kappa shape index (κ1) is 13.6. The Morgan fingerprint density at radius 1 is 1.37 bits per heavy atom. The van der Waals surface area contributed by atoms with E-state index < -0.39 is 0 Å². The fourth-order valence-electron chi connectivity index (χ4n) is 2.26. The first-order valence-electron chi connectivity index (χ1n) is 6.55. The summed E-state index contributed by atoms with van der Waals surface area (Å²) >= 11 is 0. The van der Waals surface area contributed by atoms with Gasteiger partial charge in [-0.05, 0) is 57.5 Å². The molecule has 0 aliphatic heterocycles. The molecule has 102 valence electrons. The van der Waals surface area contributed by atoms with Gasteiger partial charge in [-0.15, -0.1) is 0 Å². The normalized spacial score (nSPS) is 11.2. The van der Waals surface area contributed by atoms with Crippen molar-refractivity contribution in [1.29, 1.82) is 0 Å². The van der Waals surface area contributed by atoms with Gasteiger partial charge < -0.3 is 15.5 Å². The van der Waals surface area contributed by atoms with Crippen LogP contribution in [0.3, 0.4) is 0 Å². The Kier molecular flexibility index (Phi) is 3.90. The molecule has 3 N–H and O–H groups in total. The number of hydrogen-bond acceptors (Lipinski definition) is 3. The Labute approximate surface area is 112 Å². The van der Waals surface area contributed by atoms with E-state index in [1.165, 1.54) is 0 Å².